The van der Waals surface area contributed by atoms with Gasteiger partial charge in [-0.25, -0.2) is 0 Å². The van der Waals surface area contributed by atoms with E-state index in [1.807, 2.05) is 0 Å². The minimum Gasteiger partial charge on any atom is -0.392 e. The highest BCUT2D eigenvalue weighted by Crippen LogP contribution is 2.32. The Labute approximate surface area is 128 Å². The van der Waals surface area contributed by atoms with Crippen LogP contribution in [0.3, 0.4) is 0 Å². The van der Waals surface area contributed by atoms with Gasteiger partial charge in [0.05, 0.1) is 17.8 Å². The van der Waals surface area contributed by atoms with Crippen molar-refractivity contribution in [1.82, 2.24) is 9.78 Å². The van der Waals surface area contributed by atoms with E-state index in [2.05, 4.69) is 23.9 Å². The molecule has 0 saturated heterocycles. The average Bonchev–Trinajstić information content (AvgIpc) is 2.97. The van der Waals surface area contributed by atoms with Crippen molar-refractivity contribution in [1.29, 1.82) is 0 Å². The fraction of sp³-hybridized carbons (Fsp3) is 0.833. The van der Waals surface area contributed by atoms with Crippen LogP contribution >= 0.6 is 0 Å². The Bertz CT molecular complexity index is 436. The van der Waals surface area contributed by atoms with E-state index in [9.17, 15) is 5.11 Å². The first-order chi connectivity index (χ1) is 10.2. The van der Waals surface area contributed by atoms with Gasteiger partial charge in [0.15, 0.2) is 0 Å². The van der Waals surface area contributed by atoms with Crippen LogP contribution in [-0.2, 0) is 6.42 Å². The monoisotopic (exact) mass is 290 g/mol. The van der Waals surface area contributed by atoms with Crippen LogP contribution in [0, 0.1) is 11.8 Å². The molecule has 118 valence electrons. The fourth-order valence-corrected chi connectivity index (χ4v) is 4.25. The minimum atomic E-state index is -0.206. The number of aromatic nitrogens is 2. The van der Waals surface area contributed by atoms with E-state index in [0.29, 0.717) is 12.0 Å². The summed E-state index contributed by atoms with van der Waals surface area (Å²) in [6.07, 6.45) is 14.2. The molecule has 0 aromatic carbocycles. The van der Waals surface area contributed by atoms with E-state index in [1.165, 1.54) is 57.8 Å². The Balaban J connectivity index is 1.56. The normalized spacial score (nSPS) is 29.4. The second-order valence-electron chi connectivity index (χ2n) is 7.38. The number of hydrogen-bond acceptors (Lipinski definition) is 2. The number of hydrogen-bond donors (Lipinski definition) is 1. The molecule has 0 amide bonds. The SMILES string of the molecule is CC1CCCC(C(O)Cc2ccn(C3CCCCC3)n2)C1. The van der Waals surface area contributed by atoms with Gasteiger partial charge in [0, 0.05) is 12.6 Å². The summed E-state index contributed by atoms with van der Waals surface area (Å²) in [5, 5.41) is 15.3. The lowest BCUT2D eigenvalue weighted by atomic mass is 9.78. The Morgan fingerprint density at radius 3 is 2.76 bits per heavy atom. The van der Waals surface area contributed by atoms with Gasteiger partial charge >= 0.3 is 0 Å². The molecular weight excluding hydrogens is 260 g/mol. The smallest absolute Gasteiger partial charge is 0.0650 e. The predicted molar refractivity (Wildman–Crippen MR) is 85.2 cm³/mol. The molecule has 1 heterocycles. The summed E-state index contributed by atoms with van der Waals surface area (Å²) in [6.45, 7) is 2.32. The average molecular weight is 290 g/mol. The molecule has 0 aliphatic heterocycles. The van der Waals surface area contributed by atoms with Crippen molar-refractivity contribution in [3.05, 3.63) is 18.0 Å². The zero-order chi connectivity index (χ0) is 14.7. The third-order valence-electron chi connectivity index (χ3n) is 5.55. The lowest BCUT2D eigenvalue weighted by Crippen LogP contribution is -2.28. The highest BCUT2D eigenvalue weighted by atomic mass is 16.3. The Morgan fingerprint density at radius 1 is 1.19 bits per heavy atom. The number of nitrogens with zero attached hydrogens (tertiary/aromatic N) is 2. The standard InChI is InChI=1S/C18H30N2O/c1-14-6-5-7-15(12-14)18(21)13-16-10-11-20(19-16)17-8-3-2-4-9-17/h10-11,14-15,17-18,21H,2-9,12-13H2,1H3. The Hall–Kier alpha value is -0.830. The van der Waals surface area contributed by atoms with Crippen LogP contribution in [0.1, 0.15) is 76.4 Å². The molecule has 3 unspecified atom stereocenters. The molecule has 3 atom stereocenters. The fourth-order valence-electron chi connectivity index (χ4n) is 4.25. The highest BCUT2D eigenvalue weighted by molar-refractivity contribution is 5.02. The predicted octanol–water partition coefficient (Wildman–Crippen LogP) is 4.12. The molecule has 2 saturated carbocycles. The van der Waals surface area contributed by atoms with Gasteiger partial charge < -0.3 is 5.11 Å². The van der Waals surface area contributed by atoms with Gasteiger partial charge in [0.25, 0.3) is 0 Å². The van der Waals surface area contributed by atoms with Gasteiger partial charge in [-0.15, -0.1) is 0 Å². The second kappa shape index (κ2) is 6.95. The van der Waals surface area contributed by atoms with Crippen molar-refractivity contribution in [3.63, 3.8) is 0 Å². The molecule has 1 aromatic heterocycles. The molecule has 2 fully saturated rings. The summed E-state index contributed by atoms with van der Waals surface area (Å²) in [7, 11) is 0. The molecule has 21 heavy (non-hydrogen) atoms. The molecule has 2 aliphatic carbocycles. The molecule has 3 heteroatoms. The summed E-state index contributed by atoms with van der Waals surface area (Å²) in [5.41, 5.74) is 1.08. The molecule has 3 nitrogen and oxygen atoms in total. The lowest BCUT2D eigenvalue weighted by molar-refractivity contribution is 0.0710. The van der Waals surface area contributed by atoms with Gasteiger partial charge in [0.1, 0.15) is 0 Å². The molecule has 1 aromatic rings. The van der Waals surface area contributed by atoms with E-state index in [4.69, 9.17) is 5.10 Å². The Morgan fingerprint density at radius 2 is 2.00 bits per heavy atom. The topological polar surface area (TPSA) is 38.0 Å². The van der Waals surface area contributed by atoms with Crippen LogP contribution in [0.15, 0.2) is 12.3 Å². The minimum absolute atomic E-state index is 0.206. The molecular formula is C18H30N2O. The summed E-state index contributed by atoms with van der Waals surface area (Å²) < 4.78 is 2.16. The van der Waals surface area contributed by atoms with Crippen LogP contribution < -0.4 is 0 Å². The van der Waals surface area contributed by atoms with Crippen LogP contribution in [0.5, 0.6) is 0 Å². The highest BCUT2D eigenvalue weighted by Gasteiger charge is 2.26. The Kier molecular flexibility index (Phi) is 4.99. The van der Waals surface area contributed by atoms with Gasteiger partial charge in [0.2, 0.25) is 0 Å². The maximum Gasteiger partial charge on any atom is 0.0650 e. The van der Waals surface area contributed by atoms with Gasteiger partial charge in [-0.2, -0.15) is 5.10 Å². The maximum atomic E-state index is 10.5. The lowest BCUT2D eigenvalue weighted by Gasteiger charge is -2.30. The number of rotatable bonds is 4. The van der Waals surface area contributed by atoms with Crippen molar-refractivity contribution in [2.24, 2.45) is 11.8 Å². The van der Waals surface area contributed by atoms with Crippen LogP contribution in [0.4, 0.5) is 0 Å². The number of aliphatic hydroxyl groups excluding tert-OH is 1. The summed E-state index contributed by atoms with van der Waals surface area (Å²) in [4.78, 5) is 0. The van der Waals surface area contributed by atoms with Gasteiger partial charge in [-0.05, 0) is 43.6 Å². The quantitative estimate of drug-likeness (QED) is 0.906. The van der Waals surface area contributed by atoms with Crippen LogP contribution in [0.2, 0.25) is 0 Å². The summed E-state index contributed by atoms with van der Waals surface area (Å²) in [5.74, 6) is 1.26. The van der Waals surface area contributed by atoms with E-state index >= 15 is 0 Å². The van der Waals surface area contributed by atoms with E-state index in [-0.39, 0.29) is 6.10 Å². The zero-order valence-electron chi connectivity index (χ0n) is 13.4. The second-order valence-corrected chi connectivity index (χ2v) is 7.38. The summed E-state index contributed by atoms with van der Waals surface area (Å²) in [6, 6.07) is 2.71. The maximum absolute atomic E-state index is 10.5. The molecule has 1 N–H and O–H groups in total. The first-order valence-corrected chi connectivity index (χ1v) is 8.94. The zero-order valence-corrected chi connectivity index (χ0v) is 13.4. The van der Waals surface area contributed by atoms with Gasteiger partial charge in [-0.3, -0.25) is 4.68 Å². The van der Waals surface area contributed by atoms with E-state index < -0.39 is 0 Å². The molecule has 0 spiro atoms. The third kappa shape index (κ3) is 3.88. The van der Waals surface area contributed by atoms with Crippen LogP contribution in [0.25, 0.3) is 0 Å². The van der Waals surface area contributed by atoms with Gasteiger partial charge in [-0.1, -0.05) is 39.0 Å². The van der Waals surface area contributed by atoms with Crippen molar-refractivity contribution < 1.29 is 5.11 Å². The van der Waals surface area contributed by atoms with E-state index in [1.54, 1.807) is 0 Å². The molecule has 3 rings (SSSR count). The van der Waals surface area contributed by atoms with Crippen LogP contribution in [-0.4, -0.2) is 21.0 Å². The van der Waals surface area contributed by atoms with Crippen molar-refractivity contribution in [2.75, 3.05) is 0 Å². The molecule has 0 bridgehead atoms. The van der Waals surface area contributed by atoms with E-state index in [0.717, 1.165) is 18.0 Å². The number of aliphatic hydroxyl groups is 1. The van der Waals surface area contributed by atoms with Crippen molar-refractivity contribution in [3.8, 4) is 0 Å². The first kappa shape index (κ1) is 15.1. The largest absolute Gasteiger partial charge is 0.392 e. The van der Waals surface area contributed by atoms with Crippen molar-refractivity contribution >= 4 is 0 Å². The molecule has 2 aliphatic rings. The first-order valence-electron chi connectivity index (χ1n) is 8.94. The van der Waals surface area contributed by atoms with Crippen molar-refractivity contribution in [2.45, 2.75) is 83.3 Å². The third-order valence-corrected chi connectivity index (χ3v) is 5.55. The molecule has 0 radical (unpaired) electrons. The summed E-state index contributed by atoms with van der Waals surface area (Å²) >= 11 is 0.